The quantitative estimate of drug-likeness (QED) is 0.0480. The van der Waals surface area contributed by atoms with E-state index in [9.17, 15) is 39.0 Å². The van der Waals surface area contributed by atoms with Gasteiger partial charge in [-0.1, -0.05) is 20.3 Å². The lowest BCUT2D eigenvalue weighted by Crippen LogP contribution is -2.58. The lowest BCUT2D eigenvalue weighted by atomic mass is 9.98. The first kappa shape index (κ1) is 33.0. The highest BCUT2D eigenvalue weighted by molar-refractivity contribution is 5.95. The van der Waals surface area contributed by atoms with E-state index >= 15 is 0 Å². The number of nitrogens with one attached hydrogen (secondary N) is 3. The van der Waals surface area contributed by atoms with E-state index in [-0.39, 0.29) is 38.2 Å². The summed E-state index contributed by atoms with van der Waals surface area (Å²) < 4.78 is 0. The topological polar surface area (TPSA) is 295 Å². The lowest BCUT2D eigenvalue weighted by molar-refractivity contribution is -0.144. The molecule has 0 aromatic carbocycles. The van der Waals surface area contributed by atoms with Gasteiger partial charge in [-0.25, -0.2) is 4.79 Å². The monoisotopic (exact) mass is 530 g/mol. The molecular formula is C21H38N8O8. The van der Waals surface area contributed by atoms with Crippen molar-refractivity contribution in [2.75, 3.05) is 6.54 Å². The number of rotatable bonds is 18. The number of nitrogens with two attached hydrogens (primary N) is 4. The molecule has 0 heterocycles. The summed E-state index contributed by atoms with van der Waals surface area (Å²) in [7, 11) is 0. The number of aliphatic carboxylic acids is 2. The van der Waals surface area contributed by atoms with E-state index in [2.05, 4.69) is 20.9 Å². The molecule has 0 aromatic heterocycles. The standard InChI is InChI=1S/C21H38N8O8/c1-3-10(2)16(20(36)37)29-19(35)13(9-15(31)32)28-18(34)12(5-4-8-26-21(24)25)27-17(33)11(22)6-7-14(23)30/h10-13,16H,3-9,22H2,1-2H3,(H2,23,30)(H,27,33)(H,28,34)(H,29,35)(H,31,32)(H,36,37)(H4,24,25,26). The number of carboxylic acids is 2. The zero-order chi connectivity index (χ0) is 28.7. The first-order valence-electron chi connectivity index (χ1n) is 11.6. The van der Waals surface area contributed by atoms with Gasteiger partial charge < -0.3 is 49.1 Å². The van der Waals surface area contributed by atoms with Crippen LogP contribution in [0.25, 0.3) is 0 Å². The molecule has 13 N–H and O–H groups in total. The number of hydrogen-bond acceptors (Lipinski definition) is 8. The second-order valence-electron chi connectivity index (χ2n) is 8.49. The van der Waals surface area contributed by atoms with Crippen LogP contribution in [0.2, 0.25) is 0 Å². The predicted octanol–water partition coefficient (Wildman–Crippen LogP) is -3.31. The van der Waals surface area contributed by atoms with E-state index in [1.165, 1.54) is 0 Å². The maximum Gasteiger partial charge on any atom is 0.326 e. The second-order valence-corrected chi connectivity index (χ2v) is 8.49. The van der Waals surface area contributed by atoms with Gasteiger partial charge >= 0.3 is 11.9 Å². The molecule has 0 aliphatic heterocycles. The molecule has 16 heteroatoms. The van der Waals surface area contributed by atoms with Crippen LogP contribution in [-0.4, -0.2) is 82.5 Å². The van der Waals surface area contributed by atoms with Crippen LogP contribution in [-0.2, 0) is 28.8 Å². The Balaban J connectivity index is 5.67. The molecule has 16 nitrogen and oxygen atoms in total. The summed E-state index contributed by atoms with van der Waals surface area (Å²) in [6.45, 7) is 3.41. The molecule has 0 fully saturated rings. The van der Waals surface area contributed by atoms with Gasteiger partial charge in [0.1, 0.15) is 18.1 Å². The van der Waals surface area contributed by atoms with E-state index in [4.69, 9.17) is 22.9 Å². The zero-order valence-corrected chi connectivity index (χ0v) is 20.9. The van der Waals surface area contributed by atoms with Crippen molar-refractivity contribution in [3.05, 3.63) is 0 Å². The minimum Gasteiger partial charge on any atom is -0.481 e. The summed E-state index contributed by atoms with van der Waals surface area (Å²) in [4.78, 5) is 75.8. The van der Waals surface area contributed by atoms with E-state index in [1.54, 1.807) is 13.8 Å². The smallest absolute Gasteiger partial charge is 0.326 e. The highest BCUT2D eigenvalue weighted by atomic mass is 16.4. The third kappa shape index (κ3) is 13.6. The Kier molecular flexibility index (Phi) is 14.9. The van der Waals surface area contributed by atoms with Crippen molar-refractivity contribution in [3.63, 3.8) is 0 Å². The molecule has 0 aliphatic rings. The molecule has 0 bridgehead atoms. The van der Waals surface area contributed by atoms with Gasteiger partial charge in [-0.05, 0) is 25.2 Å². The summed E-state index contributed by atoms with van der Waals surface area (Å²) >= 11 is 0. The largest absolute Gasteiger partial charge is 0.481 e. The molecule has 37 heavy (non-hydrogen) atoms. The summed E-state index contributed by atoms with van der Waals surface area (Å²) in [5.74, 6) is -6.82. The predicted molar refractivity (Wildman–Crippen MR) is 131 cm³/mol. The number of hydrogen-bond donors (Lipinski definition) is 9. The minimum absolute atomic E-state index is 0.0249. The average Bonchev–Trinajstić information content (AvgIpc) is 2.80. The Morgan fingerprint density at radius 2 is 1.43 bits per heavy atom. The van der Waals surface area contributed by atoms with Crippen molar-refractivity contribution < 1.29 is 39.0 Å². The van der Waals surface area contributed by atoms with Crippen molar-refractivity contribution in [2.45, 2.75) is 76.5 Å². The van der Waals surface area contributed by atoms with Gasteiger partial charge in [0.2, 0.25) is 23.6 Å². The van der Waals surface area contributed by atoms with Crippen molar-refractivity contribution in [1.82, 2.24) is 16.0 Å². The zero-order valence-electron chi connectivity index (χ0n) is 20.9. The van der Waals surface area contributed by atoms with Gasteiger partial charge in [0, 0.05) is 13.0 Å². The molecule has 0 rings (SSSR count). The summed E-state index contributed by atoms with van der Waals surface area (Å²) in [5, 5.41) is 25.5. The third-order valence-corrected chi connectivity index (χ3v) is 5.41. The Labute approximate surface area is 214 Å². The van der Waals surface area contributed by atoms with Gasteiger partial charge in [-0.3, -0.25) is 29.0 Å². The summed E-state index contributed by atoms with van der Waals surface area (Å²) in [5.41, 5.74) is 21.3. The second kappa shape index (κ2) is 16.7. The highest BCUT2D eigenvalue weighted by Crippen LogP contribution is 2.09. The number of aliphatic imine (C=N–C) groups is 1. The van der Waals surface area contributed by atoms with Crippen LogP contribution < -0.4 is 38.9 Å². The normalized spacial score (nSPS) is 14.7. The number of primary amides is 1. The molecule has 0 spiro atoms. The first-order valence-corrected chi connectivity index (χ1v) is 11.6. The number of carbonyl (C=O) groups is 6. The van der Waals surface area contributed by atoms with Crippen molar-refractivity contribution >= 4 is 41.5 Å². The number of guanidine groups is 1. The van der Waals surface area contributed by atoms with Crippen LogP contribution in [0.3, 0.4) is 0 Å². The molecular weight excluding hydrogens is 492 g/mol. The number of amides is 4. The van der Waals surface area contributed by atoms with Gasteiger partial charge in [-0.15, -0.1) is 0 Å². The fourth-order valence-electron chi connectivity index (χ4n) is 3.07. The van der Waals surface area contributed by atoms with Gasteiger partial charge in [0.15, 0.2) is 5.96 Å². The molecule has 5 atom stereocenters. The fraction of sp³-hybridized carbons (Fsp3) is 0.667. The van der Waals surface area contributed by atoms with Crippen molar-refractivity contribution in [2.24, 2.45) is 33.8 Å². The summed E-state index contributed by atoms with van der Waals surface area (Å²) in [6.07, 6.45) is -0.512. The van der Waals surface area contributed by atoms with Crippen LogP contribution in [0.15, 0.2) is 4.99 Å². The van der Waals surface area contributed by atoms with Crippen LogP contribution in [0, 0.1) is 5.92 Å². The number of carboxylic acid groups (broad SMARTS) is 2. The summed E-state index contributed by atoms with van der Waals surface area (Å²) in [6, 6.07) is -5.42. The number of nitrogens with zero attached hydrogens (tertiary/aromatic N) is 1. The van der Waals surface area contributed by atoms with E-state index in [0.717, 1.165) is 0 Å². The molecule has 0 saturated carbocycles. The molecule has 0 aromatic rings. The Bertz CT molecular complexity index is 861. The van der Waals surface area contributed by atoms with Crippen LogP contribution in [0.5, 0.6) is 0 Å². The van der Waals surface area contributed by atoms with Gasteiger partial charge in [0.25, 0.3) is 0 Å². The average molecular weight is 531 g/mol. The number of carbonyl (C=O) groups excluding carboxylic acids is 4. The van der Waals surface area contributed by atoms with Crippen LogP contribution in [0.4, 0.5) is 0 Å². The molecule has 210 valence electrons. The Hall–Kier alpha value is -3.95. The molecule has 0 saturated heterocycles. The Morgan fingerprint density at radius 3 is 1.92 bits per heavy atom. The van der Waals surface area contributed by atoms with Gasteiger partial charge in [-0.2, -0.15) is 0 Å². The van der Waals surface area contributed by atoms with Gasteiger partial charge in [0.05, 0.1) is 12.5 Å². The van der Waals surface area contributed by atoms with E-state index in [0.29, 0.717) is 6.42 Å². The van der Waals surface area contributed by atoms with Crippen LogP contribution in [0.1, 0.15) is 52.4 Å². The molecule has 5 unspecified atom stereocenters. The third-order valence-electron chi connectivity index (χ3n) is 5.41. The highest BCUT2D eigenvalue weighted by Gasteiger charge is 2.33. The van der Waals surface area contributed by atoms with E-state index in [1.807, 2.05) is 0 Å². The maximum atomic E-state index is 13.0. The maximum absolute atomic E-state index is 13.0. The SMILES string of the molecule is CCC(C)C(NC(=O)C(CC(=O)O)NC(=O)C(CCCN=C(N)N)NC(=O)C(N)CCC(N)=O)C(=O)O. The lowest BCUT2D eigenvalue weighted by Gasteiger charge is -2.26. The molecule has 4 amide bonds. The first-order chi connectivity index (χ1) is 17.2. The van der Waals surface area contributed by atoms with Crippen molar-refractivity contribution in [3.8, 4) is 0 Å². The minimum atomic E-state index is -1.64. The van der Waals surface area contributed by atoms with Crippen molar-refractivity contribution in [1.29, 1.82) is 0 Å². The fourth-order valence-corrected chi connectivity index (χ4v) is 3.07. The van der Waals surface area contributed by atoms with Crippen LogP contribution >= 0.6 is 0 Å². The molecule has 0 aliphatic carbocycles. The van der Waals surface area contributed by atoms with E-state index < -0.39 is 72.1 Å². The Morgan fingerprint density at radius 1 is 0.865 bits per heavy atom. The molecule has 0 radical (unpaired) electrons.